The number of benzene rings is 1. The molecular weight excluding hydrogens is 354 g/mol. The molecule has 2 amide bonds. The number of nitrogens with zero attached hydrogens (tertiary/aromatic N) is 1. The molecule has 0 saturated heterocycles. The van der Waals surface area contributed by atoms with E-state index in [2.05, 4.69) is 0 Å². The van der Waals surface area contributed by atoms with Crippen molar-refractivity contribution in [2.75, 3.05) is 4.90 Å². The fourth-order valence-electron chi connectivity index (χ4n) is 4.08. The average molecular weight is 376 g/mol. The fraction of sp³-hybridized carbons (Fsp3) is 0.450. The van der Waals surface area contributed by atoms with Gasteiger partial charge in [-0.05, 0) is 57.4 Å². The van der Waals surface area contributed by atoms with Crippen LogP contribution in [0.15, 0.2) is 29.3 Å². The summed E-state index contributed by atoms with van der Waals surface area (Å²) >= 11 is 6.13. The van der Waals surface area contributed by atoms with Crippen LogP contribution in [-0.2, 0) is 19.7 Å². The number of anilines is 1. The van der Waals surface area contributed by atoms with Crippen LogP contribution < -0.4 is 4.90 Å². The maximum Gasteiger partial charge on any atom is 0.421 e. The molecule has 2 aliphatic rings. The first-order chi connectivity index (χ1) is 12.0. The highest BCUT2D eigenvalue weighted by atomic mass is 35.5. The summed E-state index contributed by atoms with van der Waals surface area (Å²) in [5.74, 6) is -0.701. The number of imide groups is 1. The third-order valence-electron chi connectivity index (χ3n) is 5.21. The molecule has 0 unspecified atom stereocenters. The van der Waals surface area contributed by atoms with Crippen molar-refractivity contribution in [1.29, 1.82) is 0 Å². The minimum absolute atomic E-state index is 0.333. The number of fused-ring (bicyclic) bond motifs is 2. The SMILES string of the molecule is CC1=C(C=O)[C@@H](C)[C@@]2(C1)C(=O)N(C(=O)OC(C)(C)C)c1cc(Cl)ccc12. The molecule has 6 heteroatoms. The zero-order valence-electron chi connectivity index (χ0n) is 15.6. The molecule has 0 radical (unpaired) electrons. The molecule has 1 aromatic carbocycles. The third kappa shape index (κ3) is 2.57. The van der Waals surface area contributed by atoms with Gasteiger partial charge >= 0.3 is 6.09 Å². The summed E-state index contributed by atoms with van der Waals surface area (Å²) in [6, 6.07) is 5.08. The molecule has 0 fully saturated rings. The summed E-state index contributed by atoms with van der Waals surface area (Å²) < 4.78 is 5.45. The zero-order valence-corrected chi connectivity index (χ0v) is 16.3. The number of allylic oxidation sites excluding steroid dienone is 2. The zero-order chi connectivity index (χ0) is 19.4. The molecule has 0 bridgehead atoms. The van der Waals surface area contributed by atoms with Crippen LogP contribution in [0.3, 0.4) is 0 Å². The number of rotatable bonds is 1. The van der Waals surface area contributed by atoms with Crippen molar-refractivity contribution < 1.29 is 19.1 Å². The van der Waals surface area contributed by atoms with Crippen LogP contribution >= 0.6 is 11.6 Å². The van der Waals surface area contributed by atoms with E-state index in [9.17, 15) is 14.4 Å². The number of ether oxygens (including phenoxy) is 1. The molecule has 5 nitrogen and oxygen atoms in total. The van der Waals surface area contributed by atoms with Gasteiger partial charge in [0, 0.05) is 10.9 Å². The Morgan fingerprint density at radius 3 is 2.58 bits per heavy atom. The highest BCUT2D eigenvalue weighted by molar-refractivity contribution is 6.32. The molecule has 1 spiro atoms. The number of aldehydes is 1. The second-order valence-corrected chi connectivity index (χ2v) is 8.44. The maximum atomic E-state index is 13.5. The van der Waals surface area contributed by atoms with Gasteiger partial charge in [0.15, 0.2) is 0 Å². The summed E-state index contributed by atoms with van der Waals surface area (Å²) in [4.78, 5) is 38.9. The molecule has 0 saturated carbocycles. The van der Waals surface area contributed by atoms with Crippen molar-refractivity contribution in [3.05, 3.63) is 39.9 Å². The van der Waals surface area contributed by atoms with E-state index in [0.717, 1.165) is 16.8 Å². The van der Waals surface area contributed by atoms with Gasteiger partial charge in [-0.15, -0.1) is 0 Å². The predicted molar refractivity (Wildman–Crippen MR) is 99.4 cm³/mol. The second kappa shape index (κ2) is 5.95. The van der Waals surface area contributed by atoms with Crippen LogP contribution in [0.4, 0.5) is 10.5 Å². The van der Waals surface area contributed by atoms with Crippen LogP contribution in [0.5, 0.6) is 0 Å². The normalized spacial score (nSPS) is 25.1. The van der Waals surface area contributed by atoms with Gasteiger partial charge in [0.1, 0.15) is 11.9 Å². The molecule has 1 heterocycles. The lowest BCUT2D eigenvalue weighted by Gasteiger charge is -2.29. The van der Waals surface area contributed by atoms with Crippen molar-refractivity contribution >= 4 is 35.6 Å². The topological polar surface area (TPSA) is 63.7 Å². The molecule has 3 rings (SSSR count). The van der Waals surface area contributed by atoms with Gasteiger partial charge in [-0.1, -0.05) is 30.2 Å². The van der Waals surface area contributed by atoms with E-state index >= 15 is 0 Å². The van der Waals surface area contributed by atoms with Crippen molar-refractivity contribution in [2.24, 2.45) is 5.92 Å². The van der Waals surface area contributed by atoms with Crippen molar-refractivity contribution in [2.45, 2.75) is 52.1 Å². The Morgan fingerprint density at radius 1 is 1.38 bits per heavy atom. The molecular formula is C20H22ClNO4. The first kappa shape index (κ1) is 18.6. The minimum atomic E-state index is -0.975. The van der Waals surface area contributed by atoms with Gasteiger partial charge < -0.3 is 4.74 Å². The van der Waals surface area contributed by atoms with E-state index in [-0.39, 0.29) is 11.8 Å². The van der Waals surface area contributed by atoms with E-state index in [1.807, 2.05) is 13.8 Å². The fourth-order valence-corrected chi connectivity index (χ4v) is 4.25. The van der Waals surface area contributed by atoms with E-state index < -0.39 is 17.1 Å². The molecule has 0 N–H and O–H groups in total. The second-order valence-electron chi connectivity index (χ2n) is 8.01. The smallest absolute Gasteiger partial charge is 0.421 e. The standard InChI is InChI=1S/C20H22ClNO4/c1-11-9-20(12(2)14(11)10-23)15-7-6-13(21)8-16(15)22(17(20)24)18(25)26-19(3,4)5/h6-8,10,12H,9H2,1-5H3/t12-,20-/m1/s1. The molecule has 26 heavy (non-hydrogen) atoms. The maximum absolute atomic E-state index is 13.5. The van der Waals surface area contributed by atoms with Crippen molar-refractivity contribution in [3.63, 3.8) is 0 Å². The largest absolute Gasteiger partial charge is 0.443 e. The van der Waals surface area contributed by atoms with Crippen LogP contribution in [0.1, 0.15) is 46.6 Å². The van der Waals surface area contributed by atoms with Gasteiger partial charge in [-0.25, -0.2) is 9.69 Å². The van der Waals surface area contributed by atoms with Crippen LogP contribution in [0.2, 0.25) is 5.02 Å². The quantitative estimate of drug-likeness (QED) is 0.682. The first-order valence-corrected chi connectivity index (χ1v) is 8.93. The number of amides is 2. The summed E-state index contributed by atoms with van der Waals surface area (Å²) in [6.45, 7) is 8.95. The predicted octanol–water partition coefficient (Wildman–Crippen LogP) is 4.41. The van der Waals surface area contributed by atoms with Gasteiger partial charge in [-0.3, -0.25) is 9.59 Å². The Balaban J connectivity index is 2.16. The Labute approximate surface area is 158 Å². The number of hydrogen-bond donors (Lipinski definition) is 0. The van der Waals surface area contributed by atoms with Gasteiger partial charge in [-0.2, -0.15) is 0 Å². The molecule has 1 aromatic rings. The van der Waals surface area contributed by atoms with Gasteiger partial charge in [0.25, 0.3) is 0 Å². The number of halogens is 1. The van der Waals surface area contributed by atoms with Crippen molar-refractivity contribution in [3.8, 4) is 0 Å². The Hall–Kier alpha value is -2.14. The first-order valence-electron chi connectivity index (χ1n) is 8.55. The lowest BCUT2D eigenvalue weighted by atomic mass is 9.71. The van der Waals surface area contributed by atoms with Crippen LogP contribution in [-0.4, -0.2) is 23.9 Å². The van der Waals surface area contributed by atoms with Gasteiger partial charge in [0.05, 0.1) is 11.1 Å². The molecule has 1 aliphatic carbocycles. The summed E-state index contributed by atoms with van der Waals surface area (Å²) in [7, 11) is 0. The van der Waals surface area contributed by atoms with Gasteiger partial charge in [0.2, 0.25) is 5.91 Å². The Kier molecular flexibility index (Phi) is 4.26. The molecule has 138 valence electrons. The monoisotopic (exact) mass is 375 g/mol. The molecule has 0 aromatic heterocycles. The van der Waals surface area contributed by atoms with Crippen molar-refractivity contribution in [1.82, 2.24) is 0 Å². The van der Waals surface area contributed by atoms with Crippen LogP contribution in [0.25, 0.3) is 0 Å². The highest BCUT2D eigenvalue weighted by Gasteiger charge is 2.59. The molecule has 2 atom stereocenters. The lowest BCUT2D eigenvalue weighted by Crippen LogP contribution is -2.47. The number of carbonyl (C=O) groups excluding carboxylic acids is 3. The van der Waals surface area contributed by atoms with E-state index in [4.69, 9.17) is 16.3 Å². The summed E-state index contributed by atoms with van der Waals surface area (Å²) in [5, 5.41) is 0.424. The highest BCUT2D eigenvalue weighted by Crippen LogP contribution is 2.56. The Bertz CT molecular complexity index is 852. The number of carbonyl (C=O) groups is 3. The van der Waals surface area contributed by atoms with Crippen LogP contribution in [0, 0.1) is 5.92 Å². The van der Waals surface area contributed by atoms with E-state index in [0.29, 0.717) is 28.3 Å². The lowest BCUT2D eigenvalue weighted by molar-refractivity contribution is -0.123. The Morgan fingerprint density at radius 2 is 2.04 bits per heavy atom. The number of hydrogen-bond acceptors (Lipinski definition) is 4. The average Bonchev–Trinajstić information content (AvgIpc) is 2.90. The van der Waals surface area contributed by atoms with E-state index in [1.165, 1.54) is 0 Å². The molecule has 1 aliphatic heterocycles. The van der Waals surface area contributed by atoms with E-state index in [1.54, 1.807) is 39.0 Å². The third-order valence-corrected chi connectivity index (χ3v) is 5.45. The summed E-state index contributed by atoms with van der Waals surface area (Å²) in [5.41, 5.74) is 0.912. The summed E-state index contributed by atoms with van der Waals surface area (Å²) in [6.07, 6.45) is 0.482. The minimum Gasteiger partial charge on any atom is -0.443 e.